The number of amides is 1. The van der Waals surface area contributed by atoms with E-state index in [4.69, 9.17) is 0 Å². The zero-order valence-electron chi connectivity index (χ0n) is 14.0. The van der Waals surface area contributed by atoms with Crippen molar-refractivity contribution in [3.8, 4) is 5.69 Å². The molecule has 1 fully saturated rings. The number of fused-ring (bicyclic) bond motifs is 1. The molecule has 2 heterocycles. The molecule has 4 rings (SSSR count). The van der Waals surface area contributed by atoms with E-state index >= 15 is 0 Å². The molecule has 1 saturated heterocycles. The summed E-state index contributed by atoms with van der Waals surface area (Å²) in [7, 11) is 0. The summed E-state index contributed by atoms with van der Waals surface area (Å²) >= 11 is 0. The molecule has 24 heavy (non-hydrogen) atoms. The molecule has 2 aromatic rings. The number of hydrogen-bond acceptors (Lipinski definition) is 2. The molecule has 2 aliphatic rings. The van der Waals surface area contributed by atoms with Gasteiger partial charge in [0.1, 0.15) is 11.5 Å². The van der Waals surface area contributed by atoms with E-state index in [1.165, 1.54) is 12.5 Å². The number of para-hydroxylation sites is 1. The van der Waals surface area contributed by atoms with Crippen LogP contribution in [0.1, 0.15) is 54.4 Å². The summed E-state index contributed by atoms with van der Waals surface area (Å²) in [5.41, 5.74) is 2.97. The molecule has 0 N–H and O–H groups in total. The molecule has 5 heteroatoms. The van der Waals surface area contributed by atoms with Crippen molar-refractivity contribution < 1.29 is 9.18 Å². The van der Waals surface area contributed by atoms with Gasteiger partial charge in [0.05, 0.1) is 0 Å². The predicted octanol–water partition coefficient (Wildman–Crippen LogP) is 3.51. The van der Waals surface area contributed by atoms with Gasteiger partial charge in [-0.25, -0.2) is 9.07 Å². The summed E-state index contributed by atoms with van der Waals surface area (Å²) in [6.45, 7) is 2.90. The monoisotopic (exact) mass is 327 g/mol. The average Bonchev–Trinajstić information content (AvgIpc) is 3.18. The first-order valence-corrected chi connectivity index (χ1v) is 8.83. The lowest BCUT2D eigenvalue weighted by Crippen LogP contribution is -2.42. The Bertz CT molecular complexity index is 783. The second-order valence-corrected chi connectivity index (χ2v) is 6.83. The third-order valence-corrected chi connectivity index (χ3v) is 5.28. The Morgan fingerprint density at radius 2 is 2.04 bits per heavy atom. The standard InChI is InChI=1S/C19H22FN3O/c1-13-7-4-5-12-22(13)19(24)18-14-8-6-11-16(14)23(21-18)17-10-3-2-9-15(17)20/h2-3,9-10,13H,4-8,11-12H2,1H3/t13-/m0/s1. The van der Waals surface area contributed by atoms with E-state index in [-0.39, 0.29) is 17.8 Å². The fourth-order valence-corrected chi connectivity index (χ4v) is 3.97. The lowest BCUT2D eigenvalue weighted by molar-refractivity contribution is 0.0628. The minimum absolute atomic E-state index is 0.00967. The number of likely N-dealkylation sites (tertiary alicyclic amines) is 1. The third-order valence-electron chi connectivity index (χ3n) is 5.28. The molecule has 0 unspecified atom stereocenters. The summed E-state index contributed by atoms with van der Waals surface area (Å²) in [5, 5.41) is 4.56. The molecule has 0 radical (unpaired) electrons. The van der Waals surface area contributed by atoms with E-state index < -0.39 is 0 Å². The first kappa shape index (κ1) is 15.4. The van der Waals surface area contributed by atoms with E-state index in [1.54, 1.807) is 22.9 Å². The average molecular weight is 327 g/mol. The van der Waals surface area contributed by atoms with Crippen LogP contribution in [0.2, 0.25) is 0 Å². The molecule has 4 nitrogen and oxygen atoms in total. The minimum atomic E-state index is -0.306. The Morgan fingerprint density at radius 1 is 1.21 bits per heavy atom. The summed E-state index contributed by atoms with van der Waals surface area (Å²) < 4.78 is 15.9. The van der Waals surface area contributed by atoms with Gasteiger partial charge in [-0.15, -0.1) is 0 Å². The van der Waals surface area contributed by atoms with Gasteiger partial charge in [0.15, 0.2) is 5.69 Å². The molecule has 126 valence electrons. The lowest BCUT2D eigenvalue weighted by atomic mass is 10.0. The zero-order chi connectivity index (χ0) is 16.7. The van der Waals surface area contributed by atoms with Gasteiger partial charge in [0.2, 0.25) is 0 Å². The topological polar surface area (TPSA) is 38.1 Å². The van der Waals surface area contributed by atoms with Crippen LogP contribution in [-0.4, -0.2) is 33.2 Å². The molecule has 0 bridgehead atoms. The summed E-state index contributed by atoms with van der Waals surface area (Å²) in [4.78, 5) is 15.0. The van der Waals surface area contributed by atoms with Crippen molar-refractivity contribution in [3.63, 3.8) is 0 Å². The normalized spacial score (nSPS) is 20.2. The van der Waals surface area contributed by atoms with Crippen molar-refractivity contribution in [1.82, 2.24) is 14.7 Å². The molecule has 1 amide bonds. The molecule has 1 aromatic heterocycles. The van der Waals surface area contributed by atoms with Gasteiger partial charge in [-0.3, -0.25) is 4.79 Å². The fraction of sp³-hybridized carbons (Fsp3) is 0.474. The number of benzene rings is 1. The highest BCUT2D eigenvalue weighted by Crippen LogP contribution is 2.30. The second kappa shape index (κ2) is 6.04. The Balaban J connectivity index is 1.76. The third kappa shape index (κ3) is 2.43. The van der Waals surface area contributed by atoms with Crippen LogP contribution in [-0.2, 0) is 12.8 Å². The second-order valence-electron chi connectivity index (χ2n) is 6.83. The van der Waals surface area contributed by atoms with Crippen LogP contribution in [0.25, 0.3) is 5.69 Å². The lowest BCUT2D eigenvalue weighted by Gasteiger charge is -2.33. The minimum Gasteiger partial charge on any atom is -0.335 e. The molecule has 1 atom stereocenters. The van der Waals surface area contributed by atoms with Gasteiger partial charge in [-0.2, -0.15) is 5.10 Å². The first-order valence-electron chi connectivity index (χ1n) is 8.83. The summed E-state index contributed by atoms with van der Waals surface area (Å²) in [5.74, 6) is -0.296. The number of nitrogens with zero attached hydrogens (tertiary/aromatic N) is 3. The smallest absolute Gasteiger partial charge is 0.274 e. The van der Waals surface area contributed by atoms with Crippen LogP contribution < -0.4 is 0 Å². The number of hydrogen-bond donors (Lipinski definition) is 0. The van der Waals surface area contributed by atoms with Crippen LogP contribution in [0.3, 0.4) is 0 Å². The maximum Gasteiger partial charge on any atom is 0.274 e. The highest BCUT2D eigenvalue weighted by molar-refractivity contribution is 5.94. The number of piperidine rings is 1. The molecular formula is C19H22FN3O. The van der Waals surface area contributed by atoms with Crippen molar-refractivity contribution in [2.45, 2.75) is 51.5 Å². The Kier molecular flexibility index (Phi) is 3.87. The molecular weight excluding hydrogens is 305 g/mol. The number of halogens is 1. The van der Waals surface area contributed by atoms with Crippen molar-refractivity contribution in [1.29, 1.82) is 0 Å². The maximum atomic E-state index is 14.2. The maximum absolute atomic E-state index is 14.2. The van der Waals surface area contributed by atoms with Crippen molar-refractivity contribution in [3.05, 3.63) is 47.0 Å². The molecule has 1 aromatic carbocycles. The van der Waals surface area contributed by atoms with E-state index in [9.17, 15) is 9.18 Å². The van der Waals surface area contributed by atoms with Gasteiger partial charge < -0.3 is 4.90 Å². The first-order chi connectivity index (χ1) is 11.7. The van der Waals surface area contributed by atoms with Crippen molar-refractivity contribution >= 4 is 5.91 Å². The number of aromatic nitrogens is 2. The molecule has 0 saturated carbocycles. The van der Waals surface area contributed by atoms with Crippen LogP contribution in [0.5, 0.6) is 0 Å². The van der Waals surface area contributed by atoms with Gasteiger partial charge in [0, 0.05) is 23.8 Å². The summed E-state index contributed by atoms with van der Waals surface area (Å²) in [6, 6.07) is 6.88. The Morgan fingerprint density at radius 3 is 2.83 bits per heavy atom. The zero-order valence-corrected chi connectivity index (χ0v) is 14.0. The van der Waals surface area contributed by atoms with E-state index in [0.717, 1.165) is 49.9 Å². The quantitative estimate of drug-likeness (QED) is 0.846. The van der Waals surface area contributed by atoms with Gasteiger partial charge in [0.25, 0.3) is 5.91 Å². The number of carbonyl (C=O) groups excluding carboxylic acids is 1. The molecule has 1 aliphatic carbocycles. The van der Waals surface area contributed by atoms with Gasteiger partial charge >= 0.3 is 0 Å². The van der Waals surface area contributed by atoms with Crippen LogP contribution >= 0.6 is 0 Å². The highest BCUT2D eigenvalue weighted by Gasteiger charge is 2.32. The van der Waals surface area contributed by atoms with Crippen LogP contribution in [0.15, 0.2) is 24.3 Å². The largest absolute Gasteiger partial charge is 0.335 e. The fourth-order valence-electron chi connectivity index (χ4n) is 3.97. The number of carbonyl (C=O) groups is 1. The van der Waals surface area contributed by atoms with Crippen molar-refractivity contribution in [2.75, 3.05) is 6.54 Å². The predicted molar refractivity (Wildman–Crippen MR) is 89.9 cm³/mol. The Labute approximate surface area is 141 Å². The Hall–Kier alpha value is -2.17. The summed E-state index contributed by atoms with van der Waals surface area (Å²) in [6.07, 6.45) is 5.96. The van der Waals surface area contributed by atoms with Crippen LogP contribution in [0.4, 0.5) is 4.39 Å². The molecule has 1 aliphatic heterocycles. The highest BCUT2D eigenvalue weighted by atomic mass is 19.1. The van der Waals surface area contributed by atoms with E-state index in [0.29, 0.717) is 11.4 Å². The van der Waals surface area contributed by atoms with E-state index in [1.807, 2.05) is 4.90 Å². The molecule has 0 spiro atoms. The van der Waals surface area contributed by atoms with E-state index in [2.05, 4.69) is 12.0 Å². The number of rotatable bonds is 2. The van der Waals surface area contributed by atoms with Gasteiger partial charge in [-0.05, 0) is 57.6 Å². The van der Waals surface area contributed by atoms with Crippen LogP contribution in [0, 0.1) is 5.82 Å². The SMILES string of the molecule is C[C@H]1CCCCN1C(=O)c1nn(-c2ccccc2F)c2c1CCC2. The van der Waals surface area contributed by atoms with Crippen molar-refractivity contribution in [2.24, 2.45) is 0 Å². The van der Waals surface area contributed by atoms with Gasteiger partial charge in [-0.1, -0.05) is 12.1 Å².